The average molecular weight is 419 g/mol. The van der Waals surface area contributed by atoms with E-state index in [1.807, 2.05) is 26.8 Å². The Labute approximate surface area is 178 Å². The van der Waals surface area contributed by atoms with E-state index >= 15 is 0 Å². The van der Waals surface area contributed by atoms with Crippen molar-refractivity contribution in [1.82, 2.24) is 0 Å². The Hall–Kier alpha value is -1.63. The van der Waals surface area contributed by atoms with E-state index in [0.29, 0.717) is 12.2 Å². The lowest BCUT2D eigenvalue weighted by molar-refractivity contribution is -0.212. The van der Waals surface area contributed by atoms with Crippen LogP contribution in [0.2, 0.25) is 0 Å². The van der Waals surface area contributed by atoms with Gasteiger partial charge < -0.3 is 24.1 Å². The van der Waals surface area contributed by atoms with Gasteiger partial charge in [-0.25, -0.2) is 4.79 Å². The van der Waals surface area contributed by atoms with Crippen molar-refractivity contribution in [1.29, 1.82) is 0 Å². The molecule has 4 rings (SSSR count). The van der Waals surface area contributed by atoms with Crippen LogP contribution in [0.5, 0.6) is 5.75 Å². The summed E-state index contributed by atoms with van der Waals surface area (Å²) < 4.78 is 24.0. The lowest BCUT2D eigenvalue weighted by atomic mass is 9.54. The topological polar surface area (TPSA) is 74.2 Å². The molecule has 0 spiro atoms. The molecule has 3 aliphatic rings. The predicted molar refractivity (Wildman–Crippen MR) is 111 cm³/mol. The van der Waals surface area contributed by atoms with Crippen LogP contribution in [-0.2, 0) is 19.0 Å². The molecule has 6 atom stereocenters. The second-order valence-electron chi connectivity index (χ2n) is 10.2. The van der Waals surface area contributed by atoms with Gasteiger partial charge in [-0.3, -0.25) is 0 Å². The maximum atomic E-state index is 13.5. The molecule has 1 heterocycles. The molecule has 1 saturated carbocycles. The maximum Gasteiger partial charge on any atom is 0.342 e. The fourth-order valence-electron chi connectivity index (χ4n) is 6.65. The van der Waals surface area contributed by atoms with Crippen molar-refractivity contribution < 1.29 is 28.8 Å². The molecule has 0 radical (unpaired) electrons. The van der Waals surface area contributed by atoms with Gasteiger partial charge in [-0.15, -0.1) is 0 Å². The molecule has 1 saturated heterocycles. The Balaban J connectivity index is 2.11. The van der Waals surface area contributed by atoms with Gasteiger partial charge in [0.25, 0.3) is 0 Å². The second-order valence-corrected chi connectivity index (χ2v) is 10.2. The Morgan fingerprint density at radius 1 is 1.23 bits per heavy atom. The Kier molecular flexibility index (Phi) is 4.81. The van der Waals surface area contributed by atoms with E-state index < -0.39 is 35.0 Å². The zero-order valence-corrected chi connectivity index (χ0v) is 19.2. The number of aliphatic hydroxyl groups excluding tert-OH is 1. The van der Waals surface area contributed by atoms with Crippen LogP contribution in [0, 0.1) is 24.2 Å². The Morgan fingerprint density at radius 3 is 2.47 bits per heavy atom. The molecular weight excluding hydrogens is 384 g/mol. The monoisotopic (exact) mass is 418 g/mol. The number of rotatable bonds is 3. The number of aryl methyl sites for hydroxylation is 1. The third-order valence-corrected chi connectivity index (χ3v) is 7.57. The molecule has 1 aromatic rings. The smallest absolute Gasteiger partial charge is 0.342 e. The van der Waals surface area contributed by atoms with Gasteiger partial charge in [-0.05, 0) is 62.1 Å². The number of hydrogen-bond acceptors (Lipinski definition) is 6. The summed E-state index contributed by atoms with van der Waals surface area (Å²) in [6.07, 6.45) is -0.821. The Bertz CT molecular complexity index is 877. The highest BCUT2D eigenvalue weighted by molar-refractivity contribution is 5.84. The lowest BCUT2D eigenvalue weighted by Crippen LogP contribution is -2.61. The number of ether oxygens (including phenoxy) is 4. The van der Waals surface area contributed by atoms with Gasteiger partial charge >= 0.3 is 5.97 Å². The normalized spacial score (nSPS) is 38.7. The van der Waals surface area contributed by atoms with Crippen molar-refractivity contribution in [2.24, 2.45) is 17.3 Å². The molecule has 1 aromatic carbocycles. The SMILES string of the molecule is COC(=O)[C@]12OC(C)(C)O[C@H]1c1c(OC)cc(C)cc1[C@H]1[C@@H](C(C)C)[C@H](O)C[C@]12C. The molecular formula is C24H34O6. The van der Waals surface area contributed by atoms with E-state index in [1.54, 1.807) is 7.11 Å². The number of hydrogen-bond donors (Lipinski definition) is 1. The number of carbonyl (C=O) groups is 1. The van der Waals surface area contributed by atoms with Crippen molar-refractivity contribution in [2.75, 3.05) is 14.2 Å². The predicted octanol–water partition coefficient (Wildman–Crippen LogP) is 3.88. The molecule has 6 heteroatoms. The zero-order chi connectivity index (χ0) is 22.2. The molecule has 1 N–H and O–H groups in total. The minimum absolute atomic E-state index is 0.0324. The summed E-state index contributed by atoms with van der Waals surface area (Å²) in [6.45, 7) is 12.0. The highest BCUT2D eigenvalue weighted by Crippen LogP contribution is 2.71. The molecule has 166 valence electrons. The third kappa shape index (κ3) is 2.56. The summed E-state index contributed by atoms with van der Waals surface area (Å²) in [4.78, 5) is 13.5. The van der Waals surface area contributed by atoms with Crippen LogP contribution < -0.4 is 4.74 Å². The van der Waals surface area contributed by atoms with Crippen LogP contribution in [0.1, 0.15) is 69.8 Å². The van der Waals surface area contributed by atoms with E-state index in [0.717, 1.165) is 16.7 Å². The van der Waals surface area contributed by atoms with Crippen molar-refractivity contribution in [2.45, 2.75) is 77.5 Å². The van der Waals surface area contributed by atoms with E-state index in [9.17, 15) is 9.90 Å². The second kappa shape index (κ2) is 6.68. The van der Waals surface area contributed by atoms with Crippen molar-refractivity contribution in [3.63, 3.8) is 0 Å². The summed E-state index contributed by atoms with van der Waals surface area (Å²) >= 11 is 0. The van der Waals surface area contributed by atoms with E-state index in [4.69, 9.17) is 18.9 Å². The molecule has 6 nitrogen and oxygen atoms in total. The molecule has 0 bridgehead atoms. The highest BCUT2D eigenvalue weighted by Gasteiger charge is 2.76. The highest BCUT2D eigenvalue weighted by atomic mass is 16.8. The molecule has 30 heavy (non-hydrogen) atoms. The first-order valence-electron chi connectivity index (χ1n) is 10.8. The lowest BCUT2D eigenvalue weighted by Gasteiger charge is -2.52. The largest absolute Gasteiger partial charge is 0.496 e. The van der Waals surface area contributed by atoms with E-state index in [-0.39, 0.29) is 17.8 Å². The number of esters is 1. The van der Waals surface area contributed by atoms with Crippen LogP contribution in [0.4, 0.5) is 0 Å². The molecule has 0 amide bonds. The summed E-state index contributed by atoms with van der Waals surface area (Å²) in [5.74, 6) is -0.705. The maximum absolute atomic E-state index is 13.5. The van der Waals surface area contributed by atoms with Crippen LogP contribution in [-0.4, -0.2) is 42.8 Å². The molecule has 2 aliphatic carbocycles. The first-order chi connectivity index (χ1) is 13.9. The van der Waals surface area contributed by atoms with Gasteiger partial charge in [0, 0.05) is 11.0 Å². The van der Waals surface area contributed by atoms with Crippen LogP contribution in [0.15, 0.2) is 12.1 Å². The van der Waals surface area contributed by atoms with Gasteiger partial charge in [-0.2, -0.15) is 0 Å². The number of fused-ring (bicyclic) bond motifs is 6. The molecule has 0 unspecified atom stereocenters. The number of methoxy groups -OCH3 is 2. The minimum atomic E-state index is -1.38. The third-order valence-electron chi connectivity index (χ3n) is 7.57. The summed E-state index contributed by atoms with van der Waals surface area (Å²) in [7, 11) is 3.02. The van der Waals surface area contributed by atoms with Crippen molar-refractivity contribution in [3.8, 4) is 5.75 Å². The fraction of sp³-hybridized carbons (Fsp3) is 0.708. The van der Waals surface area contributed by atoms with Gasteiger partial charge in [0.15, 0.2) is 5.79 Å². The van der Waals surface area contributed by atoms with Crippen LogP contribution in [0.3, 0.4) is 0 Å². The van der Waals surface area contributed by atoms with Gasteiger partial charge in [-0.1, -0.05) is 26.8 Å². The van der Waals surface area contributed by atoms with Gasteiger partial charge in [0.05, 0.1) is 20.3 Å². The van der Waals surface area contributed by atoms with Crippen LogP contribution >= 0.6 is 0 Å². The molecule has 2 fully saturated rings. The average Bonchev–Trinajstić information content (AvgIpc) is 3.11. The van der Waals surface area contributed by atoms with E-state index in [1.165, 1.54) is 7.11 Å². The summed E-state index contributed by atoms with van der Waals surface area (Å²) in [5.41, 5.74) is 0.895. The quantitative estimate of drug-likeness (QED) is 0.751. The molecule has 1 aliphatic heterocycles. The van der Waals surface area contributed by atoms with Gasteiger partial charge in [0.1, 0.15) is 11.9 Å². The number of carbonyl (C=O) groups excluding carboxylic acids is 1. The number of benzene rings is 1. The number of aliphatic hydroxyl groups is 1. The first kappa shape index (κ1) is 21.6. The van der Waals surface area contributed by atoms with Crippen LogP contribution in [0.25, 0.3) is 0 Å². The zero-order valence-electron chi connectivity index (χ0n) is 19.2. The first-order valence-corrected chi connectivity index (χ1v) is 10.8. The minimum Gasteiger partial charge on any atom is -0.496 e. The summed E-state index contributed by atoms with van der Waals surface area (Å²) in [5, 5.41) is 11.2. The van der Waals surface area contributed by atoms with Gasteiger partial charge in [0.2, 0.25) is 5.60 Å². The summed E-state index contributed by atoms with van der Waals surface area (Å²) in [6, 6.07) is 4.12. The molecule has 0 aromatic heterocycles. The Morgan fingerprint density at radius 2 is 1.90 bits per heavy atom. The van der Waals surface area contributed by atoms with Crippen molar-refractivity contribution >= 4 is 5.97 Å². The standard InChI is InChI=1S/C24H34O6/c1-12(2)17-15(25)11-23(6)19(17)14-9-13(3)10-16(27-7)18(14)20-24(23,21(26)28-8)30-22(4,5)29-20/h9-10,12,15,17,19-20,25H,11H2,1-8H3/t15-,17+,19+,20+,23-,24-/m1/s1. The fourth-order valence-corrected chi connectivity index (χ4v) is 6.65. The van der Waals surface area contributed by atoms with Crippen molar-refractivity contribution in [3.05, 3.63) is 28.8 Å². The van der Waals surface area contributed by atoms with E-state index in [2.05, 4.69) is 26.8 Å².